The van der Waals surface area contributed by atoms with Gasteiger partial charge in [-0.1, -0.05) is 20.8 Å². The van der Waals surface area contributed by atoms with Crippen LogP contribution in [0.15, 0.2) is 0 Å². The van der Waals surface area contributed by atoms with Crippen LogP contribution in [0.25, 0.3) is 0 Å². The van der Waals surface area contributed by atoms with Crippen molar-refractivity contribution in [3.05, 3.63) is 0 Å². The van der Waals surface area contributed by atoms with Gasteiger partial charge >= 0.3 is 0 Å². The van der Waals surface area contributed by atoms with Gasteiger partial charge in [-0.3, -0.25) is 9.69 Å². The van der Waals surface area contributed by atoms with Gasteiger partial charge in [-0.05, 0) is 50.4 Å². The lowest BCUT2D eigenvalue weighted by Crippen LogP contribution is -2.58. The fourth-order valence-corrected chi connectivity index (χ4v) is 5.10. The fourth-order valence-electron chi connectivity index (χ4n) is 3.44. The second-order valence-electron chi connectivity index (χ2n) is 8.69. The Hall–Kier alpha value is -0.433. The van der Waals surface area contributed by atoms with E-state index in [9.17, 15) is 4.79 Å². The van der Waals surface area contributed by atoms with Crippen LogP contribution in [0.1, 0.15) is 46.5 Å². The number of carbonyl (C=O) groups excluding carboxylic acids is 1. The Morgan fingerprint density at radius 2 is 1.96 bits per heavy atom. The van der Waals surface area contributed by atoms with Gasteiger partial charge in [0.1, 0.15) is 0 Å². The standard InChI is InChI=1S/C17H34N2O3Si/c1-16(2,3)23(4,5)22-17(8-11-21-12-9-17)13-19-10-6-7-14(19)15(18)20/h14H,6-13H2,1-5H3,(H2,18,20)/t14-/m1/s1. The quantitative estimate of drug-likeness (QED) is 0.780. The summed E-state index contributed by atoms with van der Waals surface area (Å²) in [6, 6.07) is -0.127. The van der Waals surface area contributed by atoms with Crippen molar-refractivity contribution in [2.45, 2.75) is 76.2 Å². The molecule has 0 saturated carbocycles. The molecule has 0 unspecified atom stereocenters. The minimum Gasteiger partial charge on any atom is -0.410 e. The lowest BCUT2D eigenvalue weighted by molar-refractivity contribution is -0.124. The maximum absolute atomic E-state index is 11.7. The monoisotopic (exact) mass is 342 g/mol. The van der Waals surface area contributed by atoms with Gasteiger partial charge in [-0.15, -0.1) is 0 Å². The fraction of sp³-hybridized carbons (Fsp3) is 0.941. The van der Waals surface area contributed by atoms with E-state index in [0.29, 0.717) is 0 Å². The van der Waals surface area contributed by atoms with Gasteiger partial charge in [0.15, 0.2) is 8.32 Å². The number of ether oxygens (including phenoxy) is 1. The highest BCUT2D eigenvalue weighted by atomic mass is 28.4. The number of rotatable bonds is 5. The van der Waals surface area contributed by atoms with Crippen LogP contribution in [0, 0.1) is 0 Å². The van der Waals surface area contributed by atoms with Crippen molar-refractivity contribution < 1.29 is 14.0 Å². The molecule has 134 valence electrons. The molecule has 2 N–H and O–H groups in total. The summed E-state index contributed by atoms with van der Waals surface area (Å²) in [5.74, 6) is -0.197. The molecule has 0 aliphatic carbocycles. The normalized spacial score (nSPS) is 26.4. The minimum absolute atomic E-state index is 0.127. The van der Waals surface area contributed by atoms with Crippen molar-refractivity contribution in [2.24, 2.45) is 5.73 Å². The molecular weight excluding hydrogens is 308 g/mol. The van der Waals surface area contributed by atoms with Crippen molar-refractivity contribution in [2.75, 3.05) is 26.3 Å². The Labute approximate surface area is 142 Å². The molecule has 6 heteroatoms. The Morgan fingerprint density at radius 1 is 1.35 bits per heavy atom. The highest BCUT2D eigenvalue weighted by Gasteiger charge is 2.47. The van der Waals surface area contributed by atoms with E-state index < -0.39 is 8.32 Å². The van der Waals surface area contributed by atoms with E-state index in [1.807, 2.05) is 0 Å². The number of nitrogens with zero attached hydrogens (tertiary/aromatic N) is 1. The summed E-state index contributed by atoms with van der Waals surface area (Å²) in [4.78, 5) is 14.0. The van der Waals surface area contributed by atoms with E-state index in [-0.39, 0.29) is 22.6 Å². The summed E-state index contributed by atoms with van der Waals surface area (Å²) in [5, 5.41) is 0.173. The first-order valence-electron chi connectivity index (χ1n) is 8.88. The zero-order chi connectivity index (χ0) is 17.3. The lowest BCUT2D eigenvalue weighted by atomic mass is 9.93. The van der Waals surface area contributed by atoms with E-state index in [1.165, 1.54) is 0 Å². The van der Waals surface area contributed by atoms with Crippen LogP contribution < -0.4 is 5.73 Å². The number of nitrogens with two attached hydrogens (primary N) is 1. The first-order valence-corrected chi connectivity index (χ1v) is 11.8. The van der Waals surface area contributed by atoms with Crippen LogP contribution in [-0.4, -0.2) is 57.1 Å². The van der Waals surface area contributed by atoms with E-state index in [4.69, 9.17) is 14.9 Å². The van der Waals surface area contributed by atoms with Crippen molar-refractivity contribution in [1.29, 1.82) is 0 Å². The molecule has 0 radical (unpaired) electrons. The molecule has 2 aliphatic heterocycles. The molecule has 2 heterocycles. The number of hydrogen-bond donors (Lipinski definition) is 1. The topological polar surface area (TPSA) is 64.8 Å². The highest BCUT2D eigenvalue weighted by Crippen LogP contribution is 2.42. The molecule has 0 spiro atoms. The summed E-state index contributed by atoms with van der Waals surface area (Å²) in [6.07, 6.45) is 3.73. The van der Waals surface area contributed by atoms with E-state index in [1.54, 1.807) is 0 Å². The van der Waals surface area contributed by atoms with Crippen LogP contribution in [0.4, 0.5) is 0 Å². The van der Waals surface area contributed by atoms with E-state index in [2.05, 4.69) is 38.8 Å². The van der Waals surface area contributed by atoms with Gasteiger partial charge in [0, 0.05) is 19.8 Å². The first-order chi connectivity index (χ1) is 10.6. The SMILES string of the molecule is CC(C)(C)[Si](C)(C)OC1(CN2CCC[C@@H]2C(N)=O)CCOCC1. The molecule has 2 saturated heterocycles. The lowest BCUT2D eigenvalue weighted by Gasteiger charge is -2.49. The minimum atomic E-state index is -1.88. The first kappa shape index (κ1) is 18.9. The number of hydrogen-bond acceptors (Lipinski definition) is 4. The summed E-state index contributed by atoms with van der Waals surface area (Å²) >= 11 is 0. The zero-order valence-corrected chi connectivity index (χ0v) is 16.5. The van der Waals surface area contributed by atoms with Crippen LogP contribution in [0.2, 0.25) is 18.1 Å². The molecular formula is C17H34N2O3Si. The molecule has 5 nitrogen and oxygen atoms in total. The summed E-state index contributed by atoms with van der Waals surface area (Å²) < 4.78 is 12.5. The van der Waals surface area contributed by atoms with Gasteiger partial charge in [0.2, 0.25) is 5.91 Å². The second kappa shape index (κ2) is 6.82. The van der Waals surface area contributed by atoms with Crippen molar-refractivity contribution in [3.8, 4) is 0 Å². The predicted octanol–water partition coefficient (Wildman–Crippen LogP) is 2.51. The van der Waals surface area contributed by atoms with E-state index in [0.717, 1.165) is 52.0 Å². The van der Waals surface area contributed by atoms with Crippen LogP contribution in [0.3, 0.4) is 0 Å². The Kier molecular flexibility index (Phi) is 5.61. The molecule has 1 atom stereocenters. The van der Waals surface area contributed by atoms with Gasteiger partial charge < -0.3 is 14.9 Å². The van der Waals surface area contributed by atoms with Crippen LogP contribution >= 0.6 is 0 Å². The summed E-state index contributed by atoms with van der Waals surface area (Å²) in [6.45, 7) is 14.7. The Morgan fingerprint density at radius 3 is 2.48 bits per heavy atom. The largest absolute Gasteiger partial charge is 0.410 e. The molecule has 23 heavy (non-hydrogen) atoms. The van der Waals surface area contributed by atoms with Crippen LogP contribution in [0.5, 0.6) is 0 Å². The third kappa shape index (κ3) is 4.35. The predicted molar refractivity (Wildman–Crippen MR) is 94.9 cm³/mol. The Bertz CT molecular complexity index is 428. The molecule has 0 aromatic carbocycles. The molecule has 0 bridgehead atoms. The molecule has 2 rings (SSSR count). The number of carbonyl (C=O) groups is 1. The third-order valence-corrected chi connectivity index (χ3v) is 10.4. The van der Waals surface area contributed by atoms with Gasteiger partial charge in [-0.2, -0.15) is 0 Å². The molecule has 2 fully saturated rings. The number of amides is 1. The third-order valence-electron chi connectivity index (χ3n) is 5.87. The van der Waals surface area contributed by atoms with Gasteiger partial charge in [0.25, 0.3) is 0 Å². The molecule has 2 aliphatic rings. The van der Waals surface area contributed by atoms with Gasteiger partial charge in [0.05, 0.1) is 11.6 Å². The van der Waals surface area contributed by atoms with Gasteiger partial charge in [-0.25, -0.2) is 0 Å². The second-order valence-corrected chi connectivity index (χ2v) is 13.4. The highest BCUT2D eigenvalue weighted by molar-refractivity contribution is 6.74. The maximum atomic E-state index is 11.7. The van der Waals surface area contributed by atoms with E-state index >= 15 is 0 Å². The zero-order valence-electron chi connectivity index (χ0n) is 15.5. The molecule has 0 aromatic heterocycles. The van der Waals surface area contributed by atoms with Crippen LogP contribution in [-0.2, 0) is 14.0 Å². The maximum Gasteiger partial charge on any atom is 0.234 e. The smallest absolute Gasteiger partial charge is 0.234 e. The number of primary amides is 1. The Balaban J connectivity index is 2.17. The van der Waals surface area contributed by atoms with Crippen molar-refractivity contribution >= 4 is 14.2 Å². The molecule has 1 amide bonds. The van der Waals surface area contributed by atoms with Crippen molar-refractivity contribution in [1.82, 2.24) is 4.90 Å². The number of likely N-dealkylation sites (tertiary alicyclic amines) is 1. The average Bonchev–Trinajstić information content (AvgIpc) is 2.85. The van der Waals surface area contributed by atoms with Crippen molar-refractivity contribution in [3.63, 3.8) is 0 Å². The summed E-state index contributed by atoms with van der Waals surface area (Å²) in [5.41, 5.74) is 5.40. The average molecular weight is 343 g/mol. The summed E-state index contributed by atoms with van der Waals surface area (Å²) in [7, 11) is -1.88. The molecule has 0 aromatic rings.